The van der Waals surface area contributed by atoms with E-state index in [-0.39, 0.29) is 29.9 Å². The number of likely N-dealkylation sites (tertiary alicyclic amines) is 1. The average molecular weight is 444 g/mol. The minimum Gasteiger partial charge on any atom is -0.325 e. The summed E-state index contributed by atoms with van der Waals surface area (Å²) in [6.45, 7) is 2.73. The molecule has 172 valence electrons. The minimum absolute atomic E-state index is 0.0586. The molecule has 3 fully saturated rings. The minimum atomic E-state index is -0.709. The fourth-order valence-electron chi connectivity index (χ4n) is 6.71. The van der Waals surface area contributed by atoms with Crippen molar-refractivity contribution in [3.8, 4) is 0 Å². The Hall–Kier alpha value is -2.53. The van der Waals surface area contributed by atoms with E-state index in [2.05, 4.69) is 42.2 Å². The van der Waals surface area contributed by atoms with Crippen LogP contribution in [0, 0.1) is 17.8 Å². The van der Waals surface area contributed by atoms with E-state index in [4.69, 9.17) is 9.73 Å². The highest BCUT2D eigenvalue weighted by Gasteiger charge is 2.63. The summed E-state index contributed by atoms with van der Waals surface area (Å²) >= 11 is 0. The molecular formula is C28H33N3O2. The molecule has 5 heteroatoms. The topological polar surface area (TPSA) is 54.8 Å². The lowest BCUT2D eigenvalue weighted by molar-refractivity contribution is -0.155. The first kappa shape index (κ1) is 21.0. The number of aliphatic imine (C=N–C) groups is 1. The zero-order chi connectivity index (χ0) is 22.4. The van der Waals surface area contributed by atoms with Crippen LogP contribution in [0.5, 0.6) is 0 Å². The van der Waals surface area contributed by atoms with Crippen LogP contribution in [-0.2, 0) is 16.1 Å². The maximum absolute atomic E-state index is 13.9. The number of pyridine rings is 1. The summed E-state index contributed by atoms with van der Waals surface area (Å²) < 4.78 is 6.92. The standard InChI is InChI=1S/C28H33N3O2/c1-19-23(20-10-4-2-5-11-20)16-25-28(33-26(30-25)21-12-6-3-7-13-21)17-24(19)27(32)31(28)18-22-14-8-9-15-29-22/h2,4-5,8-11,14-15,19,21,23-24,26H,3,6-7,12-13,16-18H2,1H3/t19-,23+,24?,26-,28+/m1/s1. The van der Waals surface area contributed by atoms with Gasteiger partial charge in [-0.3, -0.25) is 14.8 Å². The van der Waals surface area contributed by atoms with Gasteiger partial charge < -0.3 is 9.64 Å². The molecule has 1 unspecified atom stereocenters. The van der Waals surface area contributed by atoms with E-state index in [0.717, 1.165) is 17.8 Å². The summed E-state index contributed by atoms with van der Waals surface area (Å²) in [5.74, 6) is 1.12. The van der Waals surface area contributed by atoms with E-state index in [0.29, 0.717) is 18.9 Å². The Kier molecular flexibility index (Phi) is 5.33. The van der Waals surface area contributed by atoms with E-state index < -0.39 is 5.72 Å². The van der Waals surface area contributed by atoms with Gasteiger partial charge in [0.2, 0.25) is 5.91 Å². The van der Waals surface area contributed by atoms with E-state index in [1.165, 1.54) is 37.7 Å². The Bertz CT molecular complexity index is 1030. The van der Waals surface area contributed by atoms with Gasteiger partial charge in [-0.05, 0) is 48.8 Å². The predicted molar refractivity (Wildman–Crippen MR) is 127 cm³/mol. The largest absolute Gasteiger partial charge is 0.325 e. The molecule has 0 N–H and O–H groups in total. The van der Waals surface area contributed by atoms with Gasteiger partial charge in [0.25, 0.3) is 0 Å². The van der Waals surface area contributed by atoms with E-state index in [1.54, 1.807) is 6.20 Å². The Balaban J connectivity index is 1.40. The predicted octanol–water partition coefficient (Wildman–Crippen LogP) is 5.33. The summed E-state index contributed by atoms with van der Waals surface area (Å²) in [4.78, 5) is 25.7. The molecule has 33 heavy (non-hydrogen) atoms. The molecule has 1 saturated heterocycles. The number of rotatable bonds is 4. The van der Waals surface area contributed by atoms with Gasteiger partial charge in [0.15, 0.2) is 12.0 Å². The first-order chi connectivity index (χ1) is 16.2. The van der Waals surface area contributed by atoms with Crippen LogP contribution in [-0.4, -0.2) is 33.5 Å². The Morgan fingerprint density at radius 1 is 1.03 bits per heavy atom. The molecule has 2 bridgehead atoms. The third-order valence-corrected chi connectivity index (χ3v) is 8.58. The van der Waals surface area contributed by atoms with E-state index >= 15 is 0 Å². The van der Waals surface area contributed by atoms with Crippen LogP contribution in [0.1, 0.15) is 69.0 Å². The normalized spacial score (nSPS) is 34.2. The highest BCUT2D eigenvalue weighted by atomic mass is 16.6. The Morgan fingerprint density at radius 3 is 2.58 bits per heavy atom. The van der Waals surface area contributed by atoms with Crippen molar-refractivity contribution in [2.75, 3.05) is 0 Å². The zero-order valence-corrected chi connectivity index (χ0v) is 19.4. The molecule has 1 aromatic carbocycles. The second kappa shape index (κ2) is 8.35. The molecule has 2 saturated carbocycles. The van der Waals surface area contributed by atoms with E-state index in [1.807, 2.05) is 23.1 Å². The molecule has 1 amide bonds. The monoisotopic (exact) mass is 443 g/mol. The van der Waals surface area contributed by atoms with Crippen LogP contribution in [0.15, 0.2) is 59.7 Å². The molecule has 0 radical (unpaired) electrons. The summed E-state index contributed by atoms with van der Waals surface area (Å²) in [5, 5.41) is 0. The van der Waals surface area contributed by atoms with Crippen molar-refractivity contribution in [1.82, 2.24) is 9.88 Å². The number of carbonyl (C=O) groups excluding carboxylic acids is 1. The number of hydrogen-bond acceptors (Lipinski definition) is 4. The smallest absolute Gasteiger partial charge is 0.229 e. The lowest BCUT2D eigenvalue weighted by Gasteiger charge is -2.38. The highest BCUT2D eigenvalue weighted by Crippen LogP contribution is 2.53. The zero-order valence-electron chi connectivity index (χ0n) is 19.4. The Morgan fingerprint density at radius 2 is 1.82 bits per heavy atom. The van der Waals surface area contributed by atoms with Crippen LogP contribution in [0.25, 0.3) is 0 Å². The fourth-order valence-corrected chi connectivity index (χ4v) is 6.71. The Labute approximate surface area is 196 Å². The second-order valence-corrected chi connectivity index (χ2v) is 10.4. The van der Waals surface area contributed by atoms with Crippen LogP contribution in [0.3, 0.4) is 0 Å². The maximum Gasteiger partial charge on any atom is 0.229 e. The molecule has 6 rings (SSSR count). The molecule has 1 aromatic heterocycles. The number of carbonyl (C=O) groups is 1. The number of hydrogen-bond donors (Lipinski definition) is 0. The number of ether oxygens (including phenoxy) is 1. The van der Waals surface area contributed by atoms with Gasteiger partial charge in [0, 0.05) is 24.5 Å². The van der Waals surface area contributed by atoms with Gasteiger partial charge in [0.1, 0.15) is 0 Å². The van der Waals surface area contributed by atoms with Crippen molar-refractivity contribution >= 4 is 11.6 Å². The summed E-state index contributed by atoms with van der Waals surface area (Å²) in [6.07, 6.45) is 9.42. The molecule has 2 aliphatic carbocycles. The van der Waals surface area contributed by atoms with Gasteiger partial charge in [-0.15, -0.1) is 0 Å². The van der Waals surface area contributed by atoms with Crippen LogP contribution in [0.2, 0.25) is 0 Å². The molecular weight excluding hydrogens is 410 g/mol. The maximum atomic E-state index is 13.9. The van der Waals surface area contributed by atoms with Crippen LogP contribution in [0.4, 0.5) is 0 Å². The van der Waals surface area contributed by atoms with Crippen molar-refractivity contribution in [3.63, 3.8) is 0 Å². The number of aromatic nitrogens is 1. The first-order valence-electron chi connectivity index (χ1n) is 12.7. The van der Waals surface area contributed by atoms with Crippen molar-refractivity contribution < 1.29 is 9.53 Å². The van der Waals surface area contributed by atoms with Crippen LogP contribution >= 0.6 is 0 Å². The molecule has 2 aromatic rings. The van der Waals surface area contributed by atoms with Gasteiger partial charge >= 0.3 is 0 Å². The third kappa shape index (κ3) is 3.52. The third-order valence-electron chi connectivity index (χ3n) is 8.58. The number of nitrogens with zero attached hydrogens (tertiary/aromatic N) is 3. The van der Waals surface area contributed by atoms with Crippen molar-refractivity contribution in [1.29, 1.82) is 0 Å². The van der Waals surface area contributed by atoms with Gasteiger partial charge in [-0.1, -0.05) is 62.6 Å². The van der Waals surface area contributed by atoms with Crippen molar-refractivity contribution in [2.24, 2.45) is 22.7 Å². The fraction of sp³-hybridized carbons (Fsp3) is 0.536. The van der Waals surface area contributed by atoms with Gasteiger partial charge in [-0.2, -0.15) is 0 Å². The molecule has 4 aliphatic rings. The lowest BCUT2D eigenvalue weighted by atomic mass is 9.78. The molecule has 5 atom stereocenters. The molecule has 2 aliphatic heterocycles. The quantitative estimate of drug-likeness (QED) is 0.642. The van der Waals surface area contributed by atoms with Crippen LogP contribution < -0.4 is 0 Å². The molecule has 5 nitrogen and oxygen atoms in total. The number of amides is 1. The lowest BCUT2D eigenvalue weighted by Crippen LogP contribution is -2.52. The average Bonchev–Trinajstić information content (AvgIpc) is 3.32. The molecule has 1 spiro atoms. The van der Waals surface area contributed by atoms with Gasteiger partial charge in [0.05, 0.1) is 18.0 Å². The summed E-state index contributed by atoms with van der Waals surface area (Å²) in [7, 11) is 0. The second-order valence-electron chi connectivity index (χ2n) is 10.4. The SMILES string of the molecule is C[C@H]1C2C[C@@]3(O[C@H](C4CCCCC4)N=C3C[C@@H]1c1ccccc1)N(Cc1ccccn1)C2=O. The van der Waals surface area contributed by atoms with E-state index in [9.17, 15) is 4.79 Å². The number of fused-ring (bicyclic) bond motifs is 1. The number of benzene rings is 1. The van der Waals surface area contributed by atoms with Crippen molar-refractivity contribution in [2.45, 2.75) is 76.3 Å². The van der Waals surface area contributed by atoms with Crippen molar-refractivity contribution in [3.05, 3.63) is 66.0 Å². The first-order valence-corrected chi connectivity index (χ1v) is 12.7. The summed E-state index contributed by atoms with van der Waals surface area (Å²) in [6, 6.07) is 16.6. The highest BCUT2D eigenvalue weighted by molar-refractivity contribution is 6.01. The van der Waals surface area contributed by atoms with Gasteiger partial charge in [-0.25, -0.2) is 0 Å². The summed E-state index contributed by atoms with van der Waals surface area (Å²) in [5.41, 5.74) is 2.59. The molecule has 3 heterocycles.